The van der Waals surface area contributed by atoms with Crippen molar-refractivity contribution in [2.75, 3.05) is 11.9 Å². The van der Waals surface area contributed by atoms with Crippen LogP contribution in [0.4, 0.5) is 11.6 Å². The quantitative estimate of drug-likeness (QED) is 0.765. The van der Waals surface area contributed by atoms with Crippen molar-refractivity contribution >= 4 is 17.5 Å². The maximum atomic E-state index is 12.9. The summed E-state index contributed by atoms with van der Waals surface area (Å²) >= 11 is 0. The molecule has 0 spiro atoms. The molecule has 3 aromatic heterocycles. The van der Waals surface area contributed by atoms with Crippen LogP contribution in [0.25, 0.3) is 0 Å². The van der Waals surface area contributed by atoms with E-state index in [1.165, 1.54) is 0 Å². The smallest absolute Gasteiger partial charge is 0.255 e. The average molecular weight is 359 g/mol. The summed E-state index contributed by atoms with van der Waals surface area (Å²) in [5.41, 5.74) is 2.45. The van der Waals surface area contributed by atoms with E-state index in [-0.39, 0.29) is 11.9 Å². The number of likely N-dealkylation sites (tertiary alicyclic amines) is 1. The van der Waals surface area contributed by atoms with Crippen LogP contribution in [0.3, 0.4) is 0 Å². The largest absolute Gasteiger partial charge is 0.330 e. The van der Waals surface area contributed by atoms with Crippen LogP contribution in [-0.2, 0) is 0 Å². The molecule has 0 unspecified atom stereocenters. The van der Waals surface area contributed by atoms with E-state index in [9.17, 15) is 4.79 Å². The number of aryl methyl sites for hydroxylation is 1. The third kappa shape index (κ3) is 3.79. The van der Waals surface area contributed by atoms with E-state index in [1.807, 2.05) is 48.2 Å². The maximum Gasteiger partial charge on any atom is 0.255 e. The number of amides is 1. The lowest BCUT2D eigenvalue weighted by atomic mass is 10.1. The van der Waals surface area contributed by atoms with Crippen LogP contribution in [0, 0.1) is 6.92 Å². The van der Waals surface area contributed by atoms with Gasteiger partial charge in [-0.05, 0) is 56.2 Å². The first-order chi connectivity index (χ1) is 13.2. The number of hydrogen-bond acceptors (Lipinski definition) is 5. The van der Waals surface area contributed by atoms with Gasteiger partial charge in [0.25, 0.3) is 5.91 Å². The highest BCUT2D eigenvalue weighted by Gasteiger charge is 2.31. The van der Waals surface area contributed by atoms with Crippen molar-refractivity contribution in [2.45, 2.75) is 25.8 Å². The second kappa shape index (κ2) is 7.53. The molecule has 0 bridgehead atoms. The van der Waals surface area contributed by atoms with E-state index in [0.717, 1.165) is 42.4 Å². The minimum Gasteiger partial charge on any atom is -0.330 e. The van der Waals surface area contributed by atoms with Crippen molar-refractivity contribution in [3.63, 3.8) is 0 Å². The van der Waals surface area contributed by atoms with Crippen molar-refractivity contribution in [2.24, 2.45) is 0 Å². The Morgan fingerprint density at radius 3 is 2.67 bits per heavy atom. The van der Waals surface area contributed by atoms with Gasteiger partial charge in [0.05, 0.1) is 17.3 Å². The van der Waals surface area contributed by atoms with E-state index in [2.05, 4.69) is 15.3 Å². The molecule has 1 N–H and O–H groups in total. The van der Waals surface area contributed by atoms with E-state index >= 15 is 0 Å². The molecule has 1 saturated heterocycles. The first-order valence-corrected chi connectivity index (χ1v) is 9.09. The van der Waals surface area contributed by atoms with Gasteiger partial charge in [-0.25, -0.2) is 9.97 Å². The molecule has 136 valence electrons. The Hall–Kier alpha value is -3.28. The standard InChI is InChI=1S/C21H21N5O/c1-15-6-2-10-19(23-15)25-20-11-3-8-17(24-20)18-9-5-13-26(18)21(27)16-7-4-12-22-14-16/h2-4,6-8,10-12,14,18H,5,9,13H2,1H3,(H,23,24,25)/t18-/m1/s1. The molecule has 0 aromatic carbocycles. The zero-order chi connectivity index (χ0) is 18.6. The van der Waals surface area contributed by atoms with Gasteiger partial charge in [0.15, 0.2) is 0 Å². The van der Waals surface area contributed by atoms with Crippen LogP contribution in [0.1, 0.15) is 40.6 Å². The van der Waals surface area contributed by atoms with Crippen LogP contribution >= 0.6 is 0 Å². The summed E-state index contributed by atoms with van der Waals surface area (Å²) in [7, 11) is 0. The first kappa shape index (κ1) is 17.1. The van der Waals surface area contributed by atoms with Crippen molar-refractivity contribution < 1.29 is 4.79 Å². The van der Waals surface area contributed by atoms with Crippen LogP contribution < -0.4 is 5.32 Å². The highest BCUT2D eigenvalue weighted by atomic mass is 16.2. The fraction of sp³-hybridized carbons (Fsp3) is 0.238. The van der Waals surface area contributed by atoms with Gasteiger partial charge in [0, 0.05) is 24.6 Å². The minimum absolute atomic E-state index is 0.00566. The predicted molar refractivity (Wildman–Crippen MR) is 104 cm³/mol. The fourth-order valence-corrected chi connectivity index (χ4v) is 3.42. The summed E-state index contributed by atoms with van der Waals surface area (Å²) in [4.78, 5) is 28.0. The first-order valence-electron chi connectivity index (χ1n) is 9.09. The molecule has 27 heavy (non-hydrogen) atoms. The number of carbonyl (C=O) groups is 1. The van der Waals surface area contributed by atoms with E-state index < -0.39 is 0 Å². The van der Waals surface area contributed by atoms with E-state index in [0.29, 0.717) is 5.56 Å². The molecule has 1 aliphatic rings. The summed E-state index contributed by atoms with van der Waals surface area (Å²) in [6.07, 6.45) is 5.17. The Balaban J connectivity index is 1.56. The predicted octanol–water partition coefficient (Wildman–Crippen LogP) is 3.90. The molecule has 0 aliphatic carbocycles. The van der Waals surface area contributed by atoms with Gasteiger partial charge in [-0.1, -0.05) is 12.1 Å². The van der Waals surface area contributed by atoms with Crippen LogP contribution in [0.2, 0.25) is 0 Å². The molecule has 4 heterocycles. The summed E-state index contributed by atoms with van der Waals surface area (Å²) in [5.74, 6) is 1.49. The summed E-state index contributed by atoms with van der Waals surface area (Å²) in [6.45, 7) is 2.69. The van der Waals surface area contributed by atoms with Gasteiger partial charge < -0.3 is 10.2 Å². The average Bonchev–Trinajstić information content (AvgIpc) is 3.18. The zero-order valence-electron chi connectivity index (χ0n) is 15.2. The maximum absolute atomic E-state index is 12.9. The number of hydrogen-bond donors (Lipinski definition) is 1. The zero-order valence-corrected chi connectivity index (χ0v) is 15.2. The molecular weight excluding hydrogens is 338 g/mol. The van der Waals surface area contributed by atoms with Crippen LogP contribution in [0.15, 0.2) is 60.9 Å². The number of rotatable bonds is 4. The summed E-state index contributed by atoms with van der Waals surface area (Å²) < 4.78 is 0. The lowest BCUT2D eigenvalue weighted by molar-refractivity contribution is 0.0732. The molecule has 6 nitrogen and oxygen atoms in total. The van der Waals surface area contributed by atoms with Gasteiger partial charge in [-0.15, -0.1) is 0 Å². The monoisotopic (exact) mass is 359 g/mol. The fourth-order valence-electron chi connectivity index (χ4n) is 3.42. The molecule has 1 atom stereocenters. The molecule has 1 fully saturated rings. The number of nitrogens with zero attached hydrogens (tertiary/aromatic N) is 4. The van der Waals surface area contributed by atoms with Crippen molar-refractivity contribution in [1.29, 1.82) is 0 Å². The normalized spacial score (nSPS) is 16.3. The van der Waals surface area contributed by atoms with Gasteiger partial charge in [0.2, 0.25) is 0 Å². The Morgan fingerprint density at radius 2 is 1.89 bits per heavy atom. The number of pyridine rings is 3. The highest BCUT2D eigenvalue weighted by molar-refractivity contribution is 5.94. The van der Waals surface area contributed by atoms with Crippen molar-refractivity contribution in [1.82, 2.24) is 19.9 Å². The lowest BCUT2D eigenvalue weighted by Crippen LogP contribution is -2.31. The molecule has 1 amide bonds. The number of anilines is 2. The topological polar surface area (TPSA) is 71.0 Å². The van der Waals surface area contributed by atoms with Gasteiger partial charge in [-0.2, -0.15) is 0 Å². The third-order valence-electron chi connectivity index (χ3n) is 4.68. The Bertz CT molecular complexity index is 944. The Labute approximate surface area is 158 Å². The lowest BCUT2D eigenvalue weighted by Gasteiger charge is -2.24. The van der Waals surface area contributed by atoms with Crippen molar-refractivity contribution in [3.05, 3.63) is 77.9 Å². The molecule has 0 saturated carbocycles. The Kier molecular flexibility index (Phi) is 4.78. The molecular formula is C21H21N5O. The number of nitrogens with one attached hydrogen (secondary N) is 1. The van der Waals surface area contributed by atoms with Crippen molar-refractivity contribution in [3.8, 4) is 0 Å². The molecule has 4 rings (SSSR count). The van der Waals surface area contributed by atoms with Crippen LogP contribution in [0.5, 0.6) is 0 Å². The molecule has 3 aromatic rings. The summed E-state index contributed by atoms with van der Waals surface area (Å²) in [6, 6.07) is 15.3. The minimum atomic E-state index is -0.0232. The van der Waals surface area contributed by atoms with Gasteiger partial charge in [-0.3, -0.25) is 9.78 Å². The number of carbonyl (C=O) groups excluding carboxylic acids is 1. The van der Waals surface area contributed by atoms with Gasteiger partial charge >= 0.3 is 0 Å². The second-order valence-electron chi connectivity index (χ2n) is 6.64. The number of aromatic nitrogens is 3. The summed E-state index contributed by atoms with van der Waals surface area (Å²) in [5, 5.41) is 3.25. The highest BCUT2D eigenvalue weighted by Crippen LogP contribution is 2.32. The van der Waals surface area contributed by atoms with E-state index in [1.54, 1.807) is 24.5 Å². The van der Waals surface area contributed by atoms with E-state index in [4.69, 9.17) is 4.98 Å². The third-order valence-corrected chi connectivity index (χ3v) is 4.68. The molecule has 0 radical (unpaired) electrons. The van der Waals surface area contributed by atoms with Crippen LogP contribution in [-0.4, -0.2) is 32.3 Å². The molecule has 6 heteroatoms. The van der Waals surface area contributed by atoms with Gasteiger partial charge in [0.1, 0.15) is 11.6 Å². The Morgan fingerprint density at radius 1 is 1.07 bits per heavy atom. The SMILES string of the molecule is Cc1cccc(Nc2cccc([C@H]3CCCN3C(=O)c3cccnc3)n2)n1. The molecule has 1 aliphatic heterocycles. The second-order valence-corrected chi connectivity index (χ2v) is 6.64.